The number of aromatic nitrogens is 2. The Morgan fingerprint density at radius 2 is 1.88 bits per heavy atom. The van der Waals surface area contributed by atoms with Crippen molar-refractivity contribution in [3.63, 3.8) is 0 Å². The van der Waals surface area contributed by atoms with Gasteiger partial charge in [0.25, 0.3) is 6.47 Å². The molecular formula is C18H16ClFN2O4. The minimum Gasteiger partial charge on any atom is -0.506 e. The molecule has 0 aliphatic rings. The van der Waals surface area contributed by atoms with Gasteiger partial charge in [-0.3, -0.25) is 4.79 Å². The summed E-state index contributed by atoms with van der Waals surface area (Å²) in [7, 11) is 0. The molecule has 1 unspecified atom stereocenters. The molecule has 3 aromatic rings. The summed E-state index contributed by atoms with van der Waals surface area (Å²) in [5, 5.41) is 26.6. The van der Waals surface area contributed by atoms with Crippen LogP contribution in [0.25, 0.3) is 11.4 Å². The normalized spacial score (nSPS) is 11.3. The third-order valence-corrected chi connectivity index (χ3v) is 4.05. The number of phenolic OH excluding ortho intramolecular Hbond substituents is 1. The molecule has 0 spiro atoms. The van der Waals surface area contributed by atoms with Crippen LogP contribution in [-0.2, 0) is 4.79 Å². The first-order valence-electron chi connectivity index (χ1n) is 7.48. The minimum absolute atomic E-state index is 0.0407. The van der Waals surface area contributed by atoms with Gasteiger partial charge in [0.2, 0.25) is 0 Å². The second kappa shape index (κ2) is 8.98. The van der Waals surface area contributed by atoms with Crippen LogP contribution in [0.15, 0.2) is 54.9 Å². The fourth-order valence-electron chi connectivity index (χ4n) is 2.50. The molecule has 2 aromatic carbocycles. The number of halogens is 2. The Hall–Kier alpha value is -2.90. The molecule has 0 aliphatic heterocycles. The number of benzene rings is 2. The van der Waals surface area contributed by atoms with Gasteiger partial charge in [0.05, 0.1) is 17.7 Å². The quantitative estimate of drug-likeness (QED) is 0.605. The zero-order chi connectivity index (χ0) is 19.1. The van der Waals surface area contributed by atoms with E-state index in [9.17, 15) is 14.6 Å². The molecule has 8 heteroatoms. The highest BCUT2D eigenvalue weighted by Crippen LogP contribution is 2.35. The summed E-state index contributed by atoms with van der Waals surface area (Å²) in [4.78, 5) is 12.6. The van der Waals surface area contributed by atoms with Crippen molar-refractivity contribution < 1.29 is 24.5 Å². The van der Waals surface area contributed by atoms with E-state index in [4.69, 9.17) is 21.5 Å². The van der Waals surface area contributed by atoms with Crippen LogP contribution < -0.4 is 0 Å². The lowest BCUT2D eigenvalue weighted by Crippen LogP contribution is -2.15. The number of carbonyl (C=O) groups is 1. The number of rotatable bonds is 4. The molecule has 0 amide bonds. The first-order chi connectivity index (χ1) is 12.5. The van der Waals surface area contributed by atoms with Crippen molar-refractivity contribution in [3.05, 3.63) is 71.3 Å². The second-order valence-electron chi connectivity index (χ2n) is 5.15. The number of imidazole rings is 1. The molecule has 136 valence electrons. The van der Waals surface area contributed by atoms with Gasteiger partial charge in [0.15, 0.2) is 0 Å². The summed E-state index contributed by atoms with van der Waals surface area (Å²) in [6.07, 6.45) is 3.29. The van der Waals surface area contributed by atoms with Crippen LogP contribution in [0.3, 0.4) is 0 Å². The number of aliphatic hydroxyl groups is 1. The van der Waals surface area contributed by atoms with E-state index in [1.165, 1.54) is 18.2 Å². The summed E-state index contributed by atoms with van der Waals surface area (Å²) in [5.74, 6) is 0.127. The Kier molecular flexibility index (Phi) is 6.71. The molecule has 3 N–H and O–H groups in total. The molecule has 0 aliphatic carbocycles. The monoisotopic (exact) mass is 378 g/mol. The topological polar surface area (TPSA) is 95.6 Å². The van der Waals surface area contributed by atoms with Gasteiger partial charge < -0.3 is 19.9 Å². The van der Waals surface area contributed by atoms with Crippen LogP contribution in [0.4, 0.5) is 4.39 Å². The lowest BCUT2D eigenvalue weighted by Gasteiger charge is -2.19. The zero-order valence-electron chi connectivity index (χ0n) is 13.5. The summed E-state index contributed by atoms with van der Waals surface area (Å²) < 4.78 is 14.9. The maximum Gasteiger partial charge on any atom is 0.290 e. The molecule has 3 rings (SSSR count). The molecular weight excluding hydrogens is 363 g/mol. The molecule has 1 aromatic heterocycles. The van der Waals surface area contributed by atoms with E-state index in [1.54, 1.807) is 41.2 Å². The minimum atomic E-state index is -0.438. The molecule has 1 atom stereocenters. The maximum absolute atomic E-state index is 13.1. The van der Waals surface area contributed by atoms with Crippen molar-refractivity contribution in [2.24, 2.45) is 0 Å². The molecule has 26 heavy (non-hydrogen) atoms. The second-order valence-corrected chi connectivity index (χ2v) is 5.53. The maximum atomic E-state index is 13.1. The number of hydrogen-bond donors (Lipinski definition) is 3. The van der Waals surface area contributed by atoms with Gasteiger partial charge >= 0.3 is 0 Å². The number of carboxylic acid groups (broad SMARTS) is 1. The number of phenols is 1. The van der Waals surface area contributed by atoms with Gasteiger partial charge in [-0.2, -0.15) is 0 Å². The number of aromatic hydroxyl groups is 1. The predicted octanol–water partition coefficient (Wildman–Crippen LogP) is 3.33. The molecule has 0 saturated carbocycles. The fraction of sp³-hybridized carbons (Fsp3) is 0.111. The first kappa shape index (κ1) is 19.4. The standard InChI is InChI=1S/C17H14ClFN2O2.CH2O2/c18-16-13(2-1-3-15(16)23)17-20-8-9-21(17)14(10-22)11-4-6-12(19)7-5-11;2-1-3/h1-9,14,22-23H,10H2;1H,(H,2,3). The molecule has 0 saturated heterocycles. The Bertz CT molecular complexity index is 868. The van der Waals surface area contributed by atoms with Gasteiger partial charge in [0, 0.05) is 18.0 Å². The molecule has 0 radical (unpaired) electrons. The van der Waals surface area contributed by atoms with Gasteiger partial charge in [0.1, 0.15) is 17.4 Å². The van der Waals surface area contributed by atoms with E-state index in [1.807, 2.05) is 0 Å². The average molecular weight is 379 g/mol. The van der Waals surface area contributed by atoms with Crippen molar-refractivity contribution >= 4 is 18.1 Å². The molecule has 0 bridgehead atoms. The van der Waals surface area contributed by atoms with Crippen LogP contribution in [-0.4, -0.2) is 37.9 Å². The number of nitrogens with zero attached hydrogens (tertiary/aromatic N) is 2. The Balaban J connectivity index is 0.000000758. The lowest BCUT2D eigenvalue weighted by molar-refractivity contribution is -0.122. The van der Waals surface area contributed by atoms with E-state index < -0.39 is 6.04 Å². The van der Waals surface area contributed by atoms with Gasteiger partial charge in [-0.1, -0.05) is 29.8 Å². The summed E-state index contributed by atoms with van der Waals surface area (Å²) >= 11 is 6.16. The smallest absolute Gasteiger partial charge is 0.290 e. The van der Waals surface area contributed by atoms with Crippen molar-refractivity contribution in [1.29, 1.82) is 0 Å². The third-order valence-electron chi connectivity index (χ3n) is 3.65. The van der Waals surface area contributed by atoms with Gasteiger partial charge in [-0.15, -0.1) is 0 Å². The average Bonchev–Trinajstić information content (AvgIpc) is 3.09. The Morgan fingerprint density at radius 3 is 2.50 bits per heavy atom. The first-order valence-corrected chi connectivity index (χ1v) is 7.86. The summed E-state index contributed by atoms with van der Waals surface area (Å²) in [6.45, 7) is -0.439. The van der Waals surface area contributed by atoms with Crippen molar-refractivity contribution in [2.75, 3.05) is 6.61 Å². The Morgan fingerprint density at radius 1 is 1.23 bits per heavy atom. The van der Waals surface area contributed by atoms with Crippen LogP contribution in [0.2, 0.25) is 5.02 Å². The molecule has 6 nitrogen and oxygen atoms in total. The highest BCUT2D eigenvalue weighted by Gasteiger charge is 2.19. The van der Waals surface area contributed by atoms with E-state index >= 15 is 0 Å². The molecule has 0 fully saturated rings. The van der Waals surface area contributed by atoms with E-state index in [0.717, 1.165) is 5.56 Å². The van der Waals surface area contributed by atoms with Crippen molar-refractivity contribution in [1.82, 2.24) is 9.55 Å². The van der Waals surface area contributed by atoms with E-state index in [0.29, 0.717) is 11.4 Å². The largest absolute Gasteiger partial charge is 0.506 e. The Labute approximate surface area is 153 Å². The zero-order valence-corrected chi connectivity index (χ0v) is 14.2. The number of hydrogen-bond acceptors (Lipinski definition) is 4. The summed E-state index contributed by atoms with van der Waals surface area (Å²) in [5.41, 5.74) is 1.29. The van der Waals surface area contributed by atoms with Crippen molar-refractivity contribution in [2.45, 2.75) is 6.04 Å². The number of aliphatic hydroxyl groups excluding tert-OH is 1. The van der Waals surface area contributed by atoms with Crippen LogP contribution in [0, 0.1) is 5.82 Å². The van der Waals surface area contributed by atoms with Crippen molar-refractivity contribution in [3.8, 4) is 17.1 Å². The highest BCUT2D eigenvalue weighted by molar-refractivity contribution is 6.34. The SMILES string of the molecule is O=CO.OCC(c1ccc(F)cc1)n1ccnc1-c1cccc(O)c1Cl. The predicted molar refractivity (Wildman–Crippen MR) is 94.7 cm³/mol. The highest BCUT2D eigenvalue weighted by atomic mass is 35.5. The lowest BCUT2D eigenvalue weighted by atomic mass is 10.1. The van der Waals surface area contributed by atoms with Gasteiger partial charge in [-0.05, 0) is 29.8 Å². The van der Waals surface area contributed by atoms with E-state index in [2.05, 4.69) is 4.98 Å². The van der Waals surface area contributed by atoms with Crippen LogP contribution in [0.1, 0.15) is 11.6 Å². The van der Waals surface area contributed by atoms with Crippen LogP contribution in [0.5, 0.6) is 5.75 Å². The summed E-state index contributed by atoms with van der Waals surface area (Å²) in [6, 6.07) is 10.4. The van der Waals surface area contributed by atoms with Gasteiger partial charge in [-0.25, -0.2) is 9.37 Å². The molecule has 1 heterocycles. The van der Waals surface area contributed by atoms with Crippen LogP contribution >= 0.6 is 11.6 Å². The third kappa shape index (κ3) is 4.19. The van der Waals surface area contributed by atoms with E-state index in [-0.39, 0.29) is 29.7 Å². The fourth-order valence-corrected chi connectivity index (χ4v) is 2.72.